The minimum Gasteiger partial charge on any atom is -0.339 e. The Bertz CT molecular complexity index is 589. The molecular formula is C12H9ClN4. The van der Waals surface area contributed by atoms with E-state index in [0.717, 1.165) is 5.56 Å². The minimum atomic E-state index is 0.355. The summed E-state index contributed by atoms with van der Waals surface area (Å²) in [7, 11) is 0. The molecule has 2 rings (SSSR count). The van der Waals surface area contributed by atoms with E-state index in [2.05, 4.69) is 21.4 Å². The molecule has 17 heavy (non-hydrogen) atoms. The highest BCUT2D eigenvalue weighted by atomic mass is 35.5. The summed E-state index contributed by atoms with van der Waals surface area (Å²) >= 11 is 5.76. The van der Waals surface area contributed by atoms with E-state index in [1.165, 1.54) is 6.33 Å². The number of anilines is 2. The number of hydrogen-bond acceptors (Lipinski definition) is 4. The van der Waals surface area contributed by atoms with Gasteiger partial charge in [0.05, 0.1) is 11.3 Å². The van der Waals surface area contributed by atoms with Gasteiger partial charge in [0.25, 0.3) is 0 Å². The van der Waals surface area contributed by atoms with Crippen LogP contribution >= 0.6 is 11.6 Å². The molecule has 0 aliphatic heterocycles. The van der Waals surface area contributed by atoms with E-state index >= 15 is 0 Å². The molecule has 1 N–H and O–H groups in total. The van der Waals surface area contributed by atoms with Crippen molar-refractivity contribution >= 4 is 23.1 Å². The molecule has 1 aromatic heterocycles. The van der Waals surface area contributed by atoms with E-state index in [-0.39, 0.29) is 0 Å². The fraction of sp³-hybridized carbons (Fsp3) is 0.0833. The predicted octanol–water partition coefficient (Wildman–Crippen LogP) is 3.05. The van der Waals surface area contributed by atoms with E-state index < -0.39 is 0 Å². The molecule has 1 heterocycles. The summed E-state index contributed by atoms with van der Waals surface area (Å²) in [5, 5.41) is 12.5. The lowest BCUT2D eigenvalue weighted by molar-refractivity contribution is 1.17. The van der Waals surface area contributed by atoms with Crippen molar-refractivity contribution < 1.29 is 0 Å². The van der Waals surface area contributed by atoms with Gasteiger partial charge >= 0.3 is 0 Å². The number of nitrogens with zero attached hydrogens (tertiary/aromatic N) is 3. The molecule has 0 spiro atoms. The van der Waals surface area contributed by atoms with Crippen LogP contribution in [0.25, 0.3) is 0 Å². The van der Waals surface area contributed by atoms with Crippen LogP contribution in [0.5, 0.6) is 0 Å². The monoisotopic (exact) mass is 244 g/mol. The second-order valence-corrected chi connectivity index (χ2v) is 3.85. The summed E-state index contributed by atoms with van der Waals surface area (Å²) in [6.07, 6.45) is 1.37. The zero-order chi connectivity index (χ0) is 12.3. The van der Waals surface area contributed by atoms with Gasteiger partial charge in [-0.3, -0.25) is 0 Å². The van der Waals surface area contributed by atoms with Gasteiger partial charge in [0.1, 0.15) is 23.4 Å². The maximum absolute atomic E-state index is 9.08. The smallest absolute Gasteiger partial charge is 0.135 e. The van der Waals surface area contributed by atoms with E-state index in [9.17, 15) is 0 Å². The second-order valence-electron chi connectivity index (χ2n) is 3.46. The van der Waals surface area contributed by atoms with Gasteiger partial charge in [0, 0.05) is 6.07 Å². The molecule has 0 radical (unpaired) electrons. The normalized spacial score (nSPS) is 9.71. The lowest BCUT2D eigenvalue weighted by atomic mass is 10.1. The standard InChI is InChI=1S/C12H9ClN4/c1-8-3-2-4-10(9(8)6-14)17-12-5-11(13)15-7-16-12/h2-5,7H,1H3,(H,15,16,17). The summed E-state index contributed by atoms with van der Waals surface area (Å²) in [6.45, 7) is 1.89. The lowest BCUT2D eigenvalue weighted by Gasteiger charge is -2.08. The molecule has 5 heteroatoms. The molecule has 84 valence electrons. The summed E-state index contributed by atoms with van der Waals surface area (Å²) in [4.78, 5) is 7.81. The molecule has 1 aromatic carbocycles. The predicted molar refractivity (Wildman–Crippen MR) is 66.2 cm³/mol. The summed E-state index contributed by atoms with van der Waals surface area (Å²) in [5.74, 6) is 0.562. The molecule has 0 unspecified atom stereocenters. The molecule has 0 aliphatic rings. The van der Waals surface area contributed by atoms with Crippen LogP contribution in [0, 0.1) is 18.3 Å². The molecule has 0 saturated carbocycles. The van der Waals surface area contributed by atoms with Crippen molar-refractivity contribution in [3.05, 3.63) is 46.9 Å². The number of nitrogens with one attached hydrogen (secondary N) is 1. The minimum absolute atomic E-state index is 0.355. The van der Waals surface area contributed by atoms with Gasteiger partial charge in [-0.1, -0.05) is 23.7 Å². The van der Waals surface area contributed by atoms with Crippen molar-refractivity contribution in [1.82, 2.24) is 9.97 Å². The van der Waals surface area contributed by atoms with Crippen molar-refractivity contribution in [1.29, 1.82) is 5.26 Å². The van der Waals surface area contributed by atoms with Gasteiger partial charge < -0.3 is 5.32 Å². The molecular weight excluding hydrogens is 236 g/mol. The van der Waals surface area contributed by atoms with Crippen LogP contribution in [0.1, 0.15) is 11.1 Å². The van der Waals surface area contributed by atoms with Crippen molar-refractivity contribution in [3.8, 4) is 6.07 Å². The summed E-state index contributed by atoms with van der Waals surface area (Å²) < 4.78 is 0. The van der Waals surface area contributed by atoms with Crippen LogP contribution in [0.3, 0.4) is 0 Å². The Hall–Kier alpha value is -2.12. The zero-order valence-corrected chi connectivity index (χ0v) is 9.86. The quantitative estimate of drug-likeness (QED) is 0.825. The Morgan fingerprint density at radius 3 is 2.88 bits per heavy atom. The number of benzene rings is 1. The molecule has 4 nitrogen and oxygen atoms in total. The number of aromatic nitrogens is 2. The molecule has 0 bridgehead atoms. The lowest BCUT2D eigenvalue weighted by Crippen LogP contribution is -1.97. The highest BCUT2D eigenvalue weighted by Crippen LogP contribution is 2.22. The third-order valence-corrected chi connectivity index (χ3v) is 2.49. The largest absolute Gasteiger partial charge is 0.339 e. The SMILES string of the molecule is Cc1cccc(Nc2cc(Cl)ncn2)c1C#N. The fourth-order valence-corrected chi connectivity index (χ4v) is 1.61. The number of aryl methyl sites for hydroxylation is 1. The number of halogens is 1. The Labute approximate surface area is 104 Å². The topological polar surface area (TPSA) is 61.6 Å². The first-order chi connectivity index (χ1) is 8.20. The Kier molecular flexibility index (Phi) is 3.22. The molecule has 2 aromatic rings. The number of nitriles is 1. The molecule has 0 aliphatic carbocycles. The molecule has 0 atom stereocenters. The summed E-state index contributed by atoms with van der Waals surface area (Å²) in [6, 6.07) is 9.34. The van der Waals surface area contributed by atoms with Crippen LogP contribution < -0.4 is 5.32 Å². The van der Waals surface area contributed by atoms with Gasteiger partial charge in [0.2, 0.25) is 0 Å². The first-order valence-electron chi connectivity index (χ1n) is 4.95. The van der Waals surface area contributed by atoms with Crippen LogP contribution in [0.15, 0.2) is 30.6 Å². The second kappa shape index (κ2) is 4.81. The first-order valence-corrected chi connectivity index (χ1v) is 5.33. The fourth-order valence-electron chi connectivity index (χ4n) is 1.46. The van der Waals surface area contributed by atoms with Crippen molar-refractivity contribution in [3.63, 3.8) is 0 Å². The van der Waals surface area contributed by atoms with Crippen LogP contribution in [-0.4, -0.2) is 9.97 Å². The highest BCUT2D eigenvalue weighted by Gasteiger charge is 2.05. The number of hydrogen-bond donors (Lipinski definition) is 1. The maximum Gasteiger partial charge on any atom is 0.135 e. The highest BCUT2D eigenvalue weighted by molar-refractivity contribution is 6.29. The van der Waals surface area contributed by atoms with Crippen molar-refractivity contribution in [2.45, 2.75) is 6.92 Å². The van der Waals surface area contributed by atoms with Crippen LogP contribution in [0.4, 0.5) is 11.5 Å². The van der Waals surface area contributed by atoms with Crippen molar-refractivity contribution in [2.75, 3.05) is 5.32 Å². The Balaban J connectivity index is 2.37. The van der Waals surface area contributed by atoms with Gasteiger partial charge in [-0.25, -0.2) is 9.97 Å². The third kappa shape index (κ3) is 2.52. The van der Waals surface area contributed by atoms with E-state index in [4.69, 9.17) is 16.9 Å². The third-order valence-electron chi connectivity index (χ3n) is 2.28. The molecule has 0 amide bonds. The van der Waals surface area contributed by atoms with Gasteiger partial charge in [-0.2, -0.15) is 5.26 Å². The Morgan fingerprint density at radius 2 is 2.18 bits per heavy atom. The van der Waals surface area contributed by atoms with E-state index in [1.54, 1.807) is 6.07 Å². The average molecular weight is 245 g/mol. The zero-order valence-electron chi connectivity index (χ0n) is 9.11. The first kappa shape index (κ1) is 11.4. The Morgan fingerprint density at radius 1 is 1.35 bits per heavy atom. The number of rotatable bonds is 2. The van der Waals surface area contributed by atoms with Gasteiger partial charge in [0.15, 0.2) is 0 Å². The van der Waals surface area contributed by atoms with E-state index in [1.807, 2.05) is 25.1 Å². The van der Waals surface area contributed by atoms with Crippen LogP contribution in [0.2, 0.25) is 5.15 Å². The van der Waals surface area contributed by atoms with Gasteiger partial charge in [-0.15, -0.1) is 0 Å². The average Bonchev–Trinajstić information content (AvgIpc) is 2.29. The van der Waals surface area contributed by atoms with Crippen LogP contribution in [-0.2, 0) is 0 Å². The van der Waals surface area contributed by atoms with E-state index in [0.29, 0.717) is 22.2 Å². The maximum atomic E-state index is 9.08. The molecule has 0 fully saturated rings. The summed E-state index contributed by atoms with van der Waals surface area (Å²) in [5.41, 5.74) is 2.22. The van der Waals surface area contributed by atoms with Gasteiger partial charge in [-0.05, 0) is 18.6 Å². The van der Waals surface area contributed by atoms with Crippen molar-refractivity contribution in [2.24, 2.45) is 0 Å². The molecule has 0 saturated heterocycles.